The maximum atomic E-state index is 14.4. The summed E-state index contributed by atoms with van der Waals surface area (Å²) >= 11 is 0. The number of carbonyl (C=O) groups is 4. The average molecular weight is 824 g/mol. The summed E-state index contributed by atoms with van der Waals surface area (Å²) in [6.07, 6.45) is 0.696. The van der Waals surface area contributed by atoms with Crippen LogP contribution in [0.5, 0.6) is 0 Å². The fourth-order valence-corrected chi connectivity index (χ4v) is 10.7. The number of imide groups is 2. The third-order valence-electron chi connectivity index (χ3n) is 12.2. The maximum absolute atomic E-state index is 14.4. The number of sulfone groups is 1. The van der Waals surface area contributed by atoms with Gasteiger partial charge >= 0.3 is 0 Å². The SMILES string of the molecule is COCCN(CCOC)CCS(=O)(=O)c1ccc2cc(N3C(=O)c4ccc5c6ccc7c8c(ccc(c9ccc(c4c59)C3=O)c86)C(=O)N(C(C)CC(C)C)C7=O)ccc2c1. The standard InChI is InChI=1S/C48H45N3O8S/c1-27(2)24-28(3)50-45(52)37-14-10-33-35-12-16-39-44-40(17-13-36(42(35)44)34-11-15-38(46(50)53)43(37)41(33)34)48(55)51(47(39)54)31-8-6-30-26-32(9-7-29(30)25-31)60(56,57)23-20-49(18-21-58-4)19-22-59-5/h6-17,25-28H,18-24H2,1-5H3. The van der Waals surface area contributed by atoms with E-state index in [0.29, 0.717) is 94.7 Å². The van der Waals surface area contributed by atoms with Crippen molar-refractivity contribution in [2.45, 2.75) is 38.1 Å². The first-order valence-electron chi connectivity index (χ1n) is 20.3. The molecule has 2 heterocycles. The summed E-state index contributed by atoms with van der Waals surface area (Å²) in [5.41, 5.74) is 2.11. The average Bonchev–Trinajstić information content (AvgIpc) is 3.23. The van der Waals surface area contributed by atoms with Gasteiger partial charge < -0.3 is 9.47 Å². The Morgan fingerprint density at radius 1 is 0.567 bits per heavy atom. The van der Waals surface area contributed by atoms with E-state index in [1.807, 2.05) is 36.1 Å². The summed E-state index contributed by atoms with van der Waals surface area (Å²) in [5.74, 6) is -1.30. The molecular weight excluding hydrogens is 779 g/mol. The fourth-order valence-electron chi connectivity index (χ4n) is 9.40. The van der Waals surface area contributed by atoms with Gasteiger partial charge in [0.2, 0.25) is 0 Å². The molecule has 9 rings (SSSR count). The molecule has 2 aliphatic heterocycles. The van der Waals surface area contributed by atoms with Crippen LogP contribution in [0.2, 0.25) is 0 Å². The summed E-state index contributed by atoms with van der Waals surface area (Å²) in [4.78, 5) is 61.6. The molecule has 0 saturated heterocycles. The second-order valence-electron chi connectivity index (χ2n) is 16.4. The van der Waals surface area contributed by atoms with Crippen molar-refractivity contribution >= 4 is 93.0 Å². The largest absolute Gasteiger partial charge is 0.383 e. The Bertz CT molecular complexity index is 2940. The lowest BCUT2D eigenvalue weighted by molar-refractivity contribution is 0.0535. The molecule has 0 aliphatic carbocycles. The highest BCUT2D eigenvalue weighted by Crippen LogP contribution is 2.47. The summed E-state index contributed by atoms with van der Waals surface area (Å²) in [5, 5.41) is 7.42. The normalized spacial score (nSPS) is 15.1. The number of amides is 4. The van der Waals surface area contributed by atoms with E-state index in [2.05, 4.69) is 13.8 Å². The number of benzene rings is 7. The third-order valence-corrected chi connectivity index (χ3v) is 13.9. The van der Waals surface area contributed by atoms with Gasteiger partial charge in [0.05, 0.1) is 29.5 Å². The van der Waals surface area contributed by atoms with Crippen molar-refractivity contribution in [3.63, 3.8) is 0 Å². The maximum Gasteiger partial charge on any atom is 0.265 e. The van der Waals surface area contributed by atoms with E-state index in [0.717, 1.165) is 32.3 Å². The molecule has 1 unspecified atom stereocenters. The summed E-state index contributed by atoms with van der Waals surface area (Å²) < 4.78 is 37.3. The van der Waals surface area contributed by atoms with Crippen molar-refractivity contribution in [1.29, 1.82) is 0 Å². The van der Waals surface area contributed by atoms with Gasteiger partial charge in [0, 0.05) is 72.9 Å². The van der Waals surface area contributed by atoms with Crippen LogP contribution < -0.4 is 4.90 Å². The zero-order valence-corrected chi connectivity index (χ0v) is 35.0. The Morgan fingerprint density at radius 2 is 1.03 bits per heavy atom. The minimum Gasteiger partial charge on any atom is -0.383 e. The predicted molar refractivity (Wildman–Crippen MR) is 234 cm³/mol. The number of carbonyl (C=O) groups excluding carboxylic acids is 4. The number of methoxy groups -OCH3 is 2. The van der Waals surface area contributed by atoms with E-state index in [1.54, 1.807) is 74.9 Å². The topological polar surface area (TPSA) is 131 Å². The second-order valence-corrected chi connectivity index (χ2v) is 18.5. The van der Waals surface area contributed by atoms with Crippen LogP contribution in [0.1, 0.15) is 68.6 Å². The van der Waals surface area contributed by atoms with Crippen molar-refractivity contribution in [2.75, 3.05) is 57.7 Å². The first kappa shape index (κ1) is 39.7. The molecule has 0 spiro atoms. The Morgan fingerprint density at radius 3 is 1.52 bits per heavy atom. The van der Waals surface area contributed by atoms with Gasteiger partial charge in [-0.05, 0) is 111 Å². The number of anilines is 1. The van der Waals surface area contributed by atoms with E-state index in [-0.39, 0.29) is 28.5 Å². The molecule has 0 saturated carbocycles. The molecular formula is C48H45N3O8S. The molecule has 12 heteroatoms. The lowest BCUT2D eigenvalue weighted by Gasteiger charge is -2.33. The van der Waals surface area contributed by atoms with Crippen LogP contribution in [0.3, 0.4) is 0 Å². The van der Waals surface area contributed by atoms with Crippen molar-refractivity contribution in [2.24, 2.45) is 5.92 Å². The third kappa shape index (κ3) is 6.23. The summed E-state index contributed by atoms with van der Waals surface area (Å²) in [7, 11) is -0.412. The molecule has 0 bridgehead atoms. The van der Waals surface area contributed by atoms with Gasteiger partial charge in [0.15, 0.2) is 9.84 Å². The van der Waals surface area contributed by atoms with Crippen LogP contribution in [0.25, 0.3) is 53.9 Å². The molecule has 7 aromatic rings. The van der Waals surface area contributed by atoms with Crippen LogP contribution in [0.4, 0.5) is 5.69 Å². The van der Waals surface area contributed by atoms with E-state index >= 15 is 0 Å². The lowest BCUT2D eigenvalue weighted by atomic mass is 9.82. The monoisotopic (exact) mass is 823 g/mol. The van der Waals surface area contributed by atoms with E-state index in [9.17, 15) is 27.6 Å². The number of fused-ring (bicyclic) bond motifs is 3. The summed E-state index contributed by atoms with van der Waals surface area (Å²) in [6.45, 7) is 8.51. The van der Waals surface area contributed by atoms with Gasteiger partial charge in [-0.1, -0.05) is 50.2 Å². The molecule has 0 radical (unpaired) electrons. The van der Waals surface area contributed by atoms with Gasteiger partial charge in [0.25, 0.3) is 23.6 Å². The molecule has 0 fully saturated rings. The number of hydrogen-bond donors (Lipinski definition) is 0. The zero-order chi connectivity index (χ0) is 42.2. The molecule has 306 valence electrons. The first-order valence-corrected chi connectivity index (χ1v) is 21.9. The highest BCUT2D eigenvalue weighted by molar-refractivity contribution is 7.91. The number of nitrogens with zero attached hydrogens (tertiary/aromatic N) is 3. The van der Waals surface area contributed by atoms with Crippen LogP contribution in [0, 0.1) is 5.92 Å². The van der Waals surface area contributed by atoms with Crippen molar-refractivity contribution in [3.8, 4) is 0 Å². The van der Waals surface area contributed by atoms with Crippen molar-refractivity contribution in [3.05, 3.63) is 107 Å². The fraction of sp³-hybridized carbons (Fsp3) is 0.292. The van der Waals surface area contributed by atoms with Crippen LogP contribution in [-0.4, -0.2) is 101 Å². The quantitative estimate of drug-likeness (QED) is 0.0607. The predicted octanol–water partition coefficient (Wildman–Crippen LogP) is 8.09. The molecule has 0 N–H and O–H groups in total. The number of hydrogen-bond acceptors (Lipinski definition) is 9. The Labute approximate surface area is 347 Å². The molecule has 7 aromatic carbocycles. The van der Waals surface area contributed by atoms with Gasteiger partial charge in [-0.25, -0.2) is 13.3 Å². The second kappa shape index (κ2) is 15.0. The van der Waals surface area contributed by atoms with Crippen molar-refractivity contribution < 1.29 is 37.1 Å². The number of ether oxygens (including phenoxy) is 2. The van der Waals surface area contributed by atoms with Crippen molar-refractivity contribution in [1.82, 2.24) is 9.80 Å². The summed E-state index contributed by atoms with van der Waals surface area (Å²) in [6, 6.07) is 24.5. The number of rotatable bonds is 14. The smallest absolute Gasteiger partial charge is 0.265 e. The highest BCUT2D eigenvalue weighted by atomic mass is 32.2. The van der Waals surface area contributed by atoms with E-state index < -0.39 is 21.7 Å². The molecule has 4 amide bonds. The molecule has 2 aliphatic rings. The van der Waals surface area contributed by atoms with E-state index in [4.69, 9.17) is 9.47 Å². The van der Waals surface area contributed by atoms with E-state index in [1.165, 1.54) is 9.80 Å². The first-order chi connectivity index (χ1) is 28.8. The van der Waals surface area contributed by atoms with Gasteiger partial charge in [-0.2, -0.15) is 0 Å². The molecule has 11 nitrogen and oxygen atoms in total. The zero-order valence-electron chi connectivity index (χ0n) is 34.2. The van der Waals surface area contributed by atoms with Gasteiger partial charge in [0.1, 0.15) is 0 Å². The Balaban J connectivity index is 1.07. The lowest BCUT2D eigenvalue weighted by Crippen LogP contribution is -2.46. The Hall–Kier alpha value is -5.79. The van der Waals surface area contributed by atoms with Gasteiger partial charge in [-0.3, -0.25) is 29.0 Å². The van der Waals surface area contributed by atoms with Crippen LogP contribution >= 0.6 is 0 Å². The van der Waals surface area contributed by atoms with Crippen LogP contribution in [0.15, 0.2) is 89.8 Å². The van der Waals surface area contributed by atoms with Gasteiger partial charge in [-0.15, -0.1) is 0 Å². The molecule has 0 aromatic heterocycles. The highest BCUT2D eigenvalue weighted by Gasteiger charge is 2.39. The van der Waals surface area contributed by atoms with Crippen LogP contribution in [-0.2, 0) is 19.3 Å². The molecule has 60 heavy (non-hydrogen) atoms. The Kier molecular flexibility index (Phi) is 9.94. The minimum absolute atomic E-state index is 0.0754. The minimum atomic E-state index is -3.63. The molecule has 1 atom stereocenters.